The fourth-order valence-electron chi connectivity index (χ4n) is 3.86. The summed E-state index contributed by atoms with van der Waals surface area (Å²) in [5.74, 6) is 1.20. The van der Waals surface area contributed by atoms with Crippen molar-refractivity contribution in [3.63, 3.8) is 0 Å². The van der Waals surface area contributed by atoms with Gasteiger partial charge in [0.2, 0.25) is 10.0 Å². The lowest BCUT2D eigenvalue weighted by atomic mass is 9.97. The van der Waals surface area contributed by atoms with E-state index in [0.29, 0.717) is 38.2 Å². The van der Waals surface area contributed by atoms with Crippen LogP contribution in [0.5, 0.6) is 0 Å². The second-order valence-corrected chi connectivity index (χ2v) is 10.6. The molecule has 0 atom stereocenters. The van der Waals surface area contributed by atoms with Crippen LogP contribution in [0.1, 0.15) is 41.0 Å². The zero-order valence-corrected chi connectivity index (χ0v) is 18.9. The fraction of sp³-hybridized carbons (Fsp3) is 0.500. The summed E-state index contributed by atoms with van der Waals surface area (Å²) < 4.78 is 31.2. The zero-order chi connectivity index (χ0) is 20.8. The Bertz CT molecular complexity index is 1130. The maximum Gasteiger partial charge on any atom is 0.248 e. The van der Waals surface area contributed by atoms with E-state index >= 15 is 0 Å². The van der Waals surface area contributed by atoms with Gasteiger partial charge in [0.15, 0.2) is 0 Å². The summed E-state index contributed by atoms with van der Waals surface area (Å²) in [5, 5.41) is 7.40. The molecule has 1 aliphatic heterocycles. The number of hydrogen-bond donors (Lipinski definition) is 0. The molecule has 156 valence electrons. The van der Waals surface area contributed by atoms with E-state index in [2.05, 4.69) is 25.0 Å². The van der Waals surface area contributed by atoms with Crippen LogP contribution in [0.3, 0.4) is 0 Å². The van der Waals surface area contributed by atoms with Crippen molar-refractivity contribution in [3.05, 3.63) is 45.1 Å². The number of aromatic nitrogens is 5. The maximum atomic E-state index is 13.1. The summed E-state index contributed by atoms with van der Waals surface area (Å²) in [6, 6.07) is 0. The normalized spacial score (nSPS) is 16.6. The third-order valence-corrected chi connectivity index (χ3v) is 8.68. The molecule has 4 rings (SSSR count). The third kappa shape index (κ3) is 3.86. The van der Waals surface area contributed by atoms with Gasteiger partial charge in [-0.3, -0.25) is 4.68 Å². The molecule has 0 spiro atoms. The average Bonchev–Trinajstić information content (AvgIpc) is 3.36. The lowest BCUT2D eigenvalue weighted by Gasteiger charge is -2.31. The van der Waals surface area contributed by atoms with Gasteiger partial charge in [-0.2, -0.15) is 9.40 Å². The molecule has 0 bridgehead atoms. The van der Waals surface area contributed by atoms with Crippen molar-refractivity contribution in [2.45, 2.75) is 44.0 Å². The van der Waals surface area contributed by atoms with Crippen LogP contribution in [-0.2, 0) is 23.6 Å². The van der Waals surface area contributed by atoms with Crippen molar-refractivity contribution in [2.75, 3.05) is 13.1 Å². The molecular weight excluding hydrogens is 432 g/mol. The molecule has 29 heavy (non-hydrogen) atoms. The second kappa shape index (κ2) is 7.82. The van der Waals surface area contributed by atoms with Gasteiger partial charge >= 0.3 is 0 Å². The minimum Gasteiger partial charge on any atom is -0.329 e. The minimum atomic E-state index is -3.67. The van der Waals surface area contributed by atoms with Crippen molar-refractivity contribution in [1.29, 1.82) is 0 Å². The molecule has 8 nitrogen and oxygen atoms in total. The number of thiazole rings is 1. The van der Waals surface area contributed by atoms with Gasteiger partial charge in [0.25, 0.3) is 0 Å². The molecule has 0 N–H and O–H groups in total. The van der Waals surface area contributed by atoms with Crippen LogP contribution in [-0.4, -0.2) is 50.1 Å². The molecule has 3 aromatic heterocycles. The van der Waals surface area contributed by atoms with E-state index in [-0.39, 0.29) is 16.0 Å². The first-order chi connectivity index (χ1) is 13.8. The highest BCUT2D eigenvalue weighted by molar-refractivity contribution is 7.89. The SMILES string of the molecule is Cc1nc(Cn2ccnc2C2CCN(S(=O)(=O)c3c(C)nn(C)c3Cl)CC2)cs1. The molecule has 0 amide bonds. The molecule has 4 heterocycles. The molecule has 0 aromatic carbocycles. The highest BCUT2D eigenvalue weighted by atomic mass is 35.5. The van der Waals surface area contributed by atoms with Crippen LogP contribution < -0.4 is 0 Å². The maximum absolute atomic E-state index is 13.1. The molecule has 1 fully saturated rings. The number of imidazole rings is 1. The Morgan fingerprint density at radius 3 is 2.59 bits per heavy atom. The van der Waals surface area contributed by atoms with Crippen LogP contribution in [0.2, 0.25) is 5.15 Å². The van der Waals surface area contributed by atoms with Crippen molar-refractivity contribution in [2.24, 2.45) is 7.05 Å². The van der Waals surface area contributed by atoms with E-state index in [9.17, 15) is 8.42 Å². The van der Waals surface area contributed by atoms with Crippen LogP contribution >= 0.6 is 22.9 Å². The van der Waals surface area contributed by atoms with Crippen molar-refractivity contribution >= 4 is 33.0 Å². The lowest BCUT2D eigenvalue weighted by molar-refractivity contribution is 0.310. The smallest absolute Gasteiger partial charge is 0.248 e. The minimum absolute atomic E-state index is 0.112. The van der Waals surface area contributed by atoms with Gasteiger partial charge in [-0.1, -0.05) is 11.6 Å². The number of aryl methyl sites for hydroxylation is 3. The molecule has 0 aliphatic carbocycles. The van der Waals surface area contributed by atoms with E-state index in [1.54, 1.807) is 31.5 Å². The number of sulfonamides is 1. The van der Waals surface area contributed by atoms with E-state index in [1.165, 1.54) is 8.99 Å². The molecule has 0 unspecified atom stereocenters. The largest absolute Gasteiger partial charge is 0.329 e. The number of hydrogen-bond acceptors (Lipinski definition) is 6. The average molecular weight is 455 g/mol. The highest BCUT2D eigenvalue weighted by Gasteiger charge is 2.35. The number of rotatable bonds is 5. The van der Waals surface area contributed by atoms with Gasteiger partial charge < -0.3 is 4.57 Å². The van der Waals surface area contributed by atoms with Crippen LogP contribution in [0, 0.1) is 13.8 Å². The van der Waals surface area contributed by atoms with Gasteiger partial charge in [0.1, 0.15) is 15.9 Å². The Kier molecular flexibility index (Phi) is 5.54. The summed E-state index contributed by atoms with van der Waals surface area (Å²) in [6.07, 6.45) is 5.19. The summed E-state index contributed by atoms with van der Waals surface area (Å²) in [4.78, 5) is 9.20. The summed E-state index contributed by atoms with van der Waals surface area (Å²) in [7, 11) is -2.03. The van der Waals surface area contributed by atoms with Crippen molar-refractivity contribution < 1.29 is 8.42 Å². The first kappa shape index (κ1) is 20.5. The zero-order valence-electron chi connectivity index (χ0n) is 16.5. The third-order valence-electron chi connectivity index (χ3n) is 5.26. The fourth-order valence-corrected chi connectivity index (χ4v) is 6.64. The molecule has 1 aliphatic rings. The first-order valence-electron chi connectivity index (χ1n) is 9.38. The Morgan fingerprint density at radius 2 is 2.00 bits per heavy atom. The van der Waals surface area contributed by atoms with E-state index in [0.717, 1.165) is 16.5 Å². The van der Waals surface area contributed by atoms with E-state index < -0.39 is 10.0 Å². The molecule has 3 aromatic rings. The van der Waals surface area contributed by atoms with Gasteiger partial charge in [-0.05, 0) is 26.7 Å². The number of halogens is 1. The lowest BCUT2D eigenvalue weighted by Crippen LogP contribution is -2.38. The summed E-state index contributed by atoms with van der Waals surface area (Å²) in [5.41, 5.74) is 1.45. The summed E-state index contributed by atoms with van der Waals surface area (Å²) in [6.45, 7) is 5.21. The first-order valence-corrected chi connectivity index (χ1v) is 12.1. The van der Waals surface area contributed by atoms with Gasteiger partial charge in [0.05, 0.1) is 22.9 Å². The number of piperidine rings is 1. The monoisotopic (exact) mass is 454 g/mol. The highest BCUT2D eigenvalue weighted by Crippen LogP contribution is 2.33. The molecule has 11 heteroatoms. The molecular formula is C18H23ClN6O2S2. The van der Waals surface area contributed by atoms with Gasteiger partial charge in [0, 0.05) is 43.8 Å². The van der Waals surface area contributed by atoms with Crippen LogP contribution in [0.4, 0.5) is 0 Å². The van der Waals surface area contributed by atoms with Gasteiger partial charge in [-0.25, -0.2) is 18.4 Å². The Morgan fingerprint density at radius 1 is 1.28 bits per heavy atom. The van der Waals surface area contributed by atoms with Crippen molar-refractivity contribution in [1.82, 2.24) is 28.6 Å². The second-order valence-electron chi connectivity index (χ2n) is 7.28. The Hall–Kier alpha value is -1.75. The summed E-state index contributed by atoms with van der Waals surface area (Å²) >= 11 is 7.84. The standard InChI is InChI=1S/C18H23ClN6O2S2/c1-12-16(17(19)23(3)22-12)29(26,27)25-7-4-14(5-8-25)18-20-6-9-24(18)10-15-11-28-13(2)21-15/h6,9,11,14H,4-5,7-8,10H2,1-3H3. The Balaban J connectivity index is 1.48. The molecule has 0 radical (unpaired) electrons. The van der Waals surface area contributed by atoms with Crippen LogP contribution in [0.15, 0.2) is 22.7 Å². The predicted molar refractivity (Wildman–Crippen MR) is 112 cm³/mol. The van der Waals surface area contributed by atoms with E-state index in [1.807, 2.05) is 13.1 Å². The van der Waals surface area contributed by atoms with E-state index in [4.69, 9.17) is 11.6 Å². The van der Waals surface area contributed by atoms with Gasteiger partial charge in [-0.15, -0.1) is 11.3 Å². The number of nitrogens with zero attached hydrogens (tertiary/aromatic N) is 6. The molecule has 1 saturated heterocycles. The van der Waals surface area contributed by atoms with Crippen molar-refractivity contribution in [3.8, 4) is 0 Å². The predicted octanol–water partition coefficient (Wildman–Crippen LogP) is 2.96. The molecule has 0 saturated carbocycles. The topological polar surface area (TPSA) is 85.9 Å². The quantitative estimate of drug-likeness (QED) is 0.591. The Labute approximate surface area is 179 Å². The van der Waals surface area contributed by atoms with Crippen LogP contribution in [0.25, 0.3) is 0 Å².